The number of hydrogen-bond acceptors (Lipinski definition) is 5. The predicted octanol–water partition coefficient (Wildman–Crippen LogP) is 0.780. The van der Waals surface area contributed by atoms with Gasteiger partial charge in [0.15, 0.2) is 0 Å². The molecule has 1 aliphatic rings. The number of nitrogens with two attached hydrogens (primary N) is 1. The van der Waals surface area contributed by atoms with Crippen molar-refractivity contribution in [2.75, 3.05) is 39.0 Å². The van der Waals surface area contributed by atoms with Gasteiger partial charge in [0.1, 0.15) is 0 Å². The van der Waals surface area contributed by atoms with Crippen molar-refractivity contribution in [3.05, 3.63) is 22.2 Å². The van der Waals surface area contributed by atoms with Gasteiger partial charge >= 0.3 is 0 Å². The van der Waals surface area contributed by atoms with Gasteiger partial charge in [0, 0.05) is 36.3 Å². The fourth-order valence-electron chi connectivity index (χ4n) is 2.07. The van der Waals surface area contributed by atoms with E-state index in [9.17, 15) is 8.42 Å². The molecule has 0 saturated carbocycles. The highest BCUT2D eigenvalue weighted by Crippen LogP contribution is 2.26. The molecule has 0 unspecified atom stereocenters. The van der Waals surface area contributed by atoms with E-state index in [4.69, 9.17) is 5.73 Å². The number of hydrazine groups is 1. The van der Waals surface area contributed by atoms with Gasteiger partial charge in [0.05, 0.1) is 4.90 Å². The van der Waals surface area contributed by atoms with Crippen molar-refractivity contribution in [3.63, 3.8) is 0 Å². The molecule has 0 bridgehead atoms. The number of nitrogens with zero attached hydrogens (tertiary/aromatic N) is 2. The van der Waals surface area contributed by atoms with Crippen LogP contribution in [0.5, 0.6) is 0 Å². The van der Waals surface area contributed by atoms with Gasteiger partial charge in [-0.25, -0.2) is 13.4 Å². The van der Waals surface area contributed by atoms with Crippen LogP contribution in [0.1, 0.15) is 5.56 Å². The van der Waals surface area contributed by atoms with Crippen LogP contribution < -0.4 is 10.6 Å². The minimum atomic E-state index is -3.61. The molecule has 1 saturated heterocycles. The fraction of sp³-hybridized carbons (Fsp3) is 0.500. The van der Waals surface area contributed by atoms with Crippen LogP contribution in [0, 0.1) is 6.92 Å². The molecule has 0 atom stereocenters. The molecule has 1 aromatic rings. The number of halogens is 1. The van der Waals surface area contributed by atoms with Gasteiger partial charge < -0.3 is 10.6 Å². The second kappa shape index (κ2) is 5.98. The van der Waals surface area contributed by atoms with Crippen molar-refractivity contribution >= 4 is 31.6 Å². The zero-order valence-corrected chi connectivity index (χ0v) is 14.0. The van der Waals surface area contributed by atoms with E-state index in [2.05, 4.69) is 25.7 Å². The molecule has 20 heavy (non-hydrogen) atoms. The summed E-state index contributed by atoms with van der Waals surface area (Å²) < 4.78 is 25.6. The minimum Gasteiger partial charge on any atom is -0.398 e. The Morgan fingerprint density at radius 2 is 1.85 bits per heavy atom. The fourth-order valence-corrected chi connectivity index (χ4v) is 4.12. The number of nitrogens with one attached hydrogen (secondary N) is 1. The molecule has 0 spiro atoms. The van der Waals surface area contributed by atoms with Crippen LogP contribution in [0.2, 0.25) is 0 Å². The number of sulfonamides is 1. The summed E-state index contributed by atoms with van der Waals surface area (Å²) in [5.74, 6) is 0. The molecule has 0 radical (unpaired) electrons. The zero-order valence-electron chi connectivity index (χ0n) is 11.6. The monoisotopic (exact) mass is 362 g/mol. The van der Waals surface area contributed by atoms with Crippen molar-refractivity contribution in [1.82, 2.24) is 14.7 Å². The molecule has 6 nitrogen and oxygen atoms in total. The summed E-state index contributed by atoms with van der Waals surface area (Å²) in [5.41, 5.74) is 6.85. The van der Waals surface area contributed by atoms with Crippen LogP contribution in [0.4, 0.5) is 5.69 Å². The number of anilines is 1. The summed E-state index contributed by atoms with van der Waals surface area (Å²) in [6.45, 7) is 4.71. The highest BCUT2D eigenvalue weighted by atomic mass is 79.9. The first-order chi connectivity index (χ1) is 9.29. The molecule has 112 valence electrons. The Morgan fingerprint density at radius 3 is 2.45 bits per heavy atom. The summed E-state index contributed by atoms with van der Waals surface area (Å²) in [6, 6.07) is 3.27. The van der Waals surface area contributed by atoms with Gasteiger partial charge in [0.25, 0.3) is 10.0 Å². The number of likely N-dealkylation sites (N-methyl/N-ethyl adjacent to an activating group) is 1. The highest BCUT2D eigenvalue weighted by molar-refractivity contribution is 9.10. The molecule has 0 aliphatic carbocycles. The van der Waals surface area contributed by atoms with E-state index in [1.54, 1.807) is 24.1 Å². The molecule has 1 heterocycles. The number of benzene rings is 1. The maximum Gasteiger partial charge on any atom is 0.253 e. The van der Waals surface area contributed by atoms with E-state index in [0.717, 1.165) is 13.1 Å². The van der Waals surface area contributed by atoms with Crippen LogP contribution in [0.15, 0.2) is 21.5 Å². The van der Waals surface area contributed by atoms with Gasteiger partial charge in [-0.15, -0.1) is 4.83 Å². The van der Waals surface area contributed by atoms with Gasteiger partial charge in [-0.2, -0.15) is 0 Å². The van der Waals surface area contributed by atoms with Gasteiger partial charge in [-0.05, 0) is 31.7 Å². The maximum atomic E-state index is 12.5. The Labute approximate surface area is 128 Å². The molecule has 2 rings (SSSR count). The van der Waals surface area contributed by atoms with Gasteiger partial charge in [-0.1, -0.05) is 15.9 Å². The Hall–Kier alpha value is -0.670. The van der Waals surface area contributed by atoms with Crippen LogP contribution in [0.25, 0.3) is 0 Å². The van der Waals surface area contributed by atoms with Crippen molar-refractivity contribution in [2.45, 2.75) is 11.8 Å². The van der Waals surface area contributed by atoms with Crippen molar-refractivity contribution in [3.8, 4) is 0 Å². The molecule has 1 aliphatic heterocycles. The van der Waals surface area contributed by atoms with Crippen molar-refractivity contribution in [2.24, 2.45) is 0 Å². The average Bonchev–Trinajstić information content (AvgIpc) is 2.36. The Kier molecular flexibility index (Phi) is 4.70. The quantitative estimate of drug-likeness (QED) is 0.776. The highest BCUT2D eigenvalue weighted by Gasteiger charge is 2.23. The lowest BCUT2D eigenvalue weighted by molar-refractivity contribution is 0.135. The third-order valence-electron chi connectivity index (χ3n) is 3.41. The number of hydrogen-bond donors (Lipinski definition) is 2. The molecular formula is C12H19BrN4O2S. The normalized spacial score (nSPS) is 18.4. The SMILES string of the molecule is Cc1c(N)cc(Br)cc1S(=O)(=O)NN1CCN(C)CC1. The molecule has 3 N–H and O–H groups in total. The van der Waals surface area contributed by atoms with Gasteiger partial charge in [-0.3, -0.25) is 0 Å². The van der Waals surface area contributed by atoms with E-state index < -0.39 is 10.0 Å². The van der Waals surface area contributed by atoms with Crippen LogP contribution in [-0.4, -0.2) is 51.6 Å². The van der Waals surface area contributed by atoms with E-state index in [1.807, 2.05) is 7.05 Å². The van der Waals surface area contributed by atoms with Crippen LogP contribution >= 0.6 is 15.9 Å². The smallest absolute Gasteiger partial charge is 0.253 e. The zero-order chi connectivity index (χ0) is 14.9. The predicted molar refractivity (Wildman–Crippen MR) is 82.7 cm³/mol. The molecular weight excluding hydrogens is 344 g/mol. The summed E-state index contributed by atoms with van der Waals surface area (Å²) in [5, 5.41) is 1.73. The molecule has 0 amide bonds. The second-order valence-corrected chi connectivity index (χ2v) is 7.55. The molecule has 1 fully saturated rings. The average molecular weight is 363 g/mol. The molecule has 0 aromatic heterocycles. The third-order valence-corrected chi connectivity index (χ3v) is 5.37. The summed E-state index contributed by atoms with van der Waals surface area (Å²) in [4.78, 5) is 5.00. The second-order valence-electron chi connectivity index (χ2n) is 5.00. The van der Waals surface area contributed by atoms with Crippen LogP contribution in [0.3, 0.4) is 0 Å². The first kappa shape index (κ1) is 15.7. The van der Waals surface area contributed by atoms with Crippen molar-refractivity contribution in [1.29, 1.82) is 0 Å². The molecule has 1 aromatic carbocycles. The van der Waals surface area contributed by atoms with Gasteiger partial charge in [0.2, 0.25) is 0 Å². The topological polar surface area (TPSA) is 78.7 Å². The minimum absolute atomic E-state index is 0.211. The number of rotatable bonds is 3. The van der Waals surface area contributed by atoms with Crippen LogP contribution in [-0.2, 0) is 10.0 Å². The van der Waals surface area contributed by atoms with E-state index in [1.165, 1.54) is 0 Å². The number of piperazine rings is 1. The Morgan fingerprint density at radius 1 is 1.25 bits per heavy atom. The first-order valence-electron chi connectivity index (χ1n) is 6.31. The lowest BCUT2D eigenvalue weighted by Gasteiger charge is -2.32. The van der Waals surface area contributed by atoms with E-state index >= 15 is 0 Å². The van der Waals surface area contributed by atoms with E-state index in [-0.39, 0.29) is 4.90 Å². The summed E-state index contributed by atoms with van der Waals surface area (Å²) >= 11 is 3.28. The lowest BCUT2D eigenvalue weighted by atomic mass is 10.2. The lowest BCUT2D eigenvalue weighted by Crippen LogP contribution is -2.52. The Balaban J connectivity index is 2.23. The summed E-state index contributed by atoms with van der Waals surface area (Å²) in [6.07, 6.45) is 0. The largest absolute Gasteiger partial charge is 0.398 e. The van der Waals surface area contributed by atoms with Crippen molar-refractivity contribution < 1.29 is 8.42 Å². The molecule has 8 heteroatoms. The first-order valence-corrected chi connectivity index (χ1v) is 8.59. The van der Waals surface area contributed by atoms with E-state index in [0.29, 0.717) is 28.8 Å². The Bertz CT molecular complexity index is 598. The maximum absolute atomic E-state index is 12.5. The summed E-state index contributed by atoms with van der Waals surface area (Å²) in [7, 11) is -1.59. The third kappa shape index (κ3) is 3.50. The number of nitrogen functional groups attached to an aromatic ring is 1. The standard InChI is InChI=1S/C12H19BrN4O2S/c1-9-11(14)7-10(13)8-12(9)20(18,19)15-17-5-3-16(2)4-6-17/h7-8,15H,3-6,14H2,1-2H3.